The quantitative estimate of drug-likeness (QED) is 0.728. The number of piperidine rings is 1. The standard InChI is InChI=1S/C11H20FNO4S/c1-11(2,3)17-10(14)13-6-5-9(8(12)7-13)18(4,15)16/h8-9H,5-7H2,1-4H3/t8-,9-/m0/s1. The van der Waals surface area contributed by atoms with Crippen molar-refractivity contribution in [3.63, 3.8) is 0 Å². The van der Waals surface area contributed by atoms with E-state index in [9.17, 15) is 17.6 Å². The van der Waals surface area contributed by atoms with E-state index in [0.29, 0.717) is 0 Å². The Bertz CT molecular complexity index is 415. The molecule has 0 aromatic heterocycles. The third kappa shape index (κ3) is 4.12. The number of sulfone groups is 1. The molecule has 0 bridgehead atoms. The summed E-state index contributed by atoms with van der Waals surface area (Å²) in [6.45, 7) is 5.14. The van der Waals surface area contributed by atoms with E-state index >= 15 is 0 Å². The van der Waals surface area contributed by atoms with Crippen molar-refractivity contribution in [3.8, 4) is 0 Å². The fourth-order valence-electron chi connectivity index (χ4n) is 1.86. The molecule has 1 aliphatic rings. The number of hydrogen-bond acceptors (Lipinski definition) is 4. The lowest BCUT2D eigenvalue weighted by molar-refractivity contribution is 0.0143. The molecule has 106 valence electrons. The highest BCUT2D eigenvalue weighted by atomic mass is 32.2. The first-order valence-electron chi connectivity index (χ1n) is 5.81. The molecular weight excluding hydrogens is 261 g/mol. The highest BCUT2D eigenvalue weighted by Crippen LogP contribution is 2.22. The van der Waals surface area contributed by atoms with Crippen LogP contribution >= 0.6 is 0 Å². The van der Waals surface area contributed by atoms with Gasteiger partial charge in [-0.1, -0.05) is 0 Å². The van der Waals surface area contributed by atoms with Crippen LogP contribution in [-0.4, -0.2) is 55.8 Å². The molecule has 7 heteroatoms. The fraction of sp³-hybridized carbons (Fsp3) is 0.909. The number of hydrogen-bond donors (Lipinski definition) is 0. The van der Waals surface area contributed by atoms with E-state index in [1.54, 1.807) is 20.8 Å². The zero-order valence-corrected chi connectivity index (χ0v) is 12.0. The monoisotopic (exact) mass is 281 g/mol. The van der Waals surface area contributed by atoms with Gasteiger partial charge in [0.05, 0.1) is 11.8 Å². The number of likely N-dealkylation sites (tertiary alicyclic amines) is 1. The second-order valence-electron chi connectivity index (χ2n) is 5.60. The van der Waals surface area contributed by atoms with E-state index in [1.807, 2.05) is 0 Å². The minimum atomic E-state index is -3.41. The maximum atomic E-state index is 13.8. The van der Waals surface area contributed by atoms with Crippen LogP contribution in [0.1, 0.15) is 27.2 Å². The van der Waals surface area contributed by atoms with E-state index in [-0.39, 0.29) is 19.5 Å². The molecule has 0 saturated carbocycles. The largest absolute Gasteiger partial charge is 0.444 e. The minimum absolute atomic E-state index is 0.110. The molecule has 1 aliphatic heterocycles. The number of ether oxygens (including phenoxy) is 1. The normalized spacial score (nSPS) is 25.9. The van der Waals surface area contributed by atoms with Gasteiger partial charge in [-0.15, -0.1) is 0 Å². The molecular formula is C11H20FNO4S. The van der Waals surface area contributed by atoms with E-state index in [1.165, 1.54) is 4.90 Å². The molecule has 0 radical (unpaired) electrons. The summed E-state index contributed by atoms with van der Waals surface area (Å²) in [7, 11) is -3.41. The van der Waals surface area contributed by atoms with Crippen molar-refractivity contribution < 1.29 is 22.3 Å². The van der Waals surface area contributed by atoms with Gasteiger partial charge < -0.3 is 9.64 Å². The zero-order chi connectivity index (χ0) is 14.1. The van der Waals surface area contributed by atoms with E-state index in [4.69, 9.17) is 4.74 Å². The van der Waals surface area contributed by atoms with E-state index in [0.717, 1.165) is 6.26 Å². The summed E-state index contributed by atoms with van der Waals surface area (Å²) < 4.78 is 41.5. The molecule has 5 nitrogen and oxygen atoms in total. The Kier molecular flexibility index (Phi) is 4.25. The number of carbonyl (C=O) groups is 1. The van der Waals surface area contributed by atoms with Crippen molar-refractivity contribution in [3.05, 3.63) is 0 Å². The van der Waals surface area contributed by atoms with Crippen LogP contribution in [-0.2, 0) is 14.6 Å². The van der Waals surface area contributed by atoms with Gasteiger partial charge in [0.1, 0.15) is 11.8 Å². The number of halogens is 1. The third-order valence-corrected chi connectivity index (χ3v) is 4.31. The summed E-state index contributed by atoms with van der Waals surface area (Å²) in [4.78, 5) is 12.9. The fourth-order valence-corrected chi connectivity index (χ4v) is 3.01. The van der Waals surface area contributed by atoms with E-state index in [2.05, 4.69) is 0 Å². The van der Waals surface area contributed by atoms with Crippen molar-refractivity contribution in [1.29, 1.82) is 0 Å². The van der Waals surface area contributed by atoms with Gasteiger partial charge in [-0.25, -0.2) is 17.6 Å². The summed E-state index contributed by atoms with van der Waals surface area (Å²) in [5.41, 5.74) is -0.642. The maximum Gasteiger partial charge on any atom is 0.410 e. The summed E-state index contributed by atoms with van der Waals surface area (Å²) >= 11 is 0. The molecule has 0 aromatic rings. The second kappa shape index (κ2) is 5.03. The van der Waals surface area contributed by atoms with Crippen LogP contribution in [0.4, 0.5) is 9.18 Å². The van der Waals surface area contributed by atoms with Crippen molar-refractivity contribution in [1.82, 2.24) is 4.90 Å². The first-order chi connectivity index (χ1) is 8.00. The highest BCUT2D eigenvalue weighted by Gasteiger charge is 2.38. The first kappa shape index (κ1) is 15.2. The smallest absolute Gasteiger partial charge is 0.410 e. The second-order valence-corrected chi connectivity index (χ2v) is 7.86. The Morgan fingerprint density at radius 1 is 1.39 bits per heavy atom. The van der Waals surface area contributed by atoms with Crippen molar-refractivity contribution in [2.45, 2.75) is 44.2 Å². The van der Waals surface area contributed by atoms with Gasteiger partial charge in [0.25, 0.3) is 0 Å². The molecule has 0 spiro atoms. The zero-order valence-electron chi connectivity index (χ0n) is 11.1. The van der Waals surface area contributed by atoms with Crippen LogP contribution in [0.25, 0.3) is 0 Å². The van der Waals surface area contributed by atoms with Gasteiger partial charge in [-0.3, -0.25) is 0 Å². The number of nitrogens with zero attached hydrogens (tertiary/aromatic N) is 1. The minimum Gasteiger partial charge on any atom is -0.444 e. The number of amides is 1. The van der Waals surface area contributed by atoms with Crippen molar-refractivity contribution in [2.24, 2.45) is 0 Å². The Labute approximate surface area is 107 Å². The lowest BCUT2D eigenvalue weighted by atomic mass is 10.1. The van der Waals surface area contributed by atoms with Crippen molar-refractivity contribution in [2.75, 3.05) is 19.3 Å². The number of rotatable bonds is 1. The third-order valence-electron chi connectivity index (χ3n) is 2.68. The topological polar surface area (TPSA) is 63.7 Å². The Morgan fingerprint density at radius 2 is 1.94 bits per heavy atom. The maximum absolute atomic E-state index is 13.8. The highest BCUT2D eigenvalue weighted by molar-refractivity contribution is 7.91. The van der Waals surface area contributed by atoms with Crippen LogP contribution in [0.2, 0.25) is 0 Å². The summed E-state index contributed by atoms with van der Waals surface area (Å²) in [6, 6.07) is 0. The molecule has 1 heterocycles. The average Bonchev–Trinajstić information content (AvgIpc) is 2.12. The molecule has 0 N–H and O–H groups in total. The van der Waals surface area contributed by atoms with Gasteiger partial charge in [0.15, 0.2) is 9.84 Å². The predicted octanol–water partition coefficient (Wildman–Crippen LogP) is 1.38. The van der Waals surface area contributed by atoms with Crippen LogP contribution in [0, 0.1) is 0 Å². The van der Waals surface area contributed by atoms with Gasteiger partial charge in [-0.05, 0) is 27.2 Å². The Morgan fingerprint density at radius 3 is 2.33 bits per heavy atom. The van der Waals surface area contributed by atoms with Crippen molar-refractivity contribution >= 4 is 15.9 Å². The SMILES string of the molecule is CC(C)(C)OC(=O)N1CC[C@H](S(C)(=O)=O)[C@@H](F)C1. The molecule has 1 saturated heterocycles. The molecule has 0 unspecified atom stereocenters. The Balaban J connectivity index is 2.64. The molecule has 0 aliphatic carbocycles. The lowest BCUT2D eigenvalue weighted by Crippen LogP contribution is -2.50. The average molecular weight is 281 g/mol. The van der Waals surface area contributed by atoms with Crippen LogP contribution in [0.15, 0.2) is 0 Å². The molecule has 1 amide bonds. The molecule has 1 rings (SSSR count). The molecule has 1 fully saturated rings. The van der Waals surface area contributed by atoms with Crippen LogP contribution < -0.4 is 0 Å². The predicted molar refractivity (Wildman–Crippen MR) is 66.0 cm³/mol. The van der Waals surface area contributed by atoms with Crippen LogP contribution in [0.3, 0.4) is 0 Å². The van der Waals surface area contributed by atoms with Gasteiger partial charge >= 0.3 is 6.09 Å². The number of alkyl halides is 1. The van der Waals surface area contributed by atoms with E-state index < -0.39 is 33.0 Å². The Hall–Kier alpha value is -0.850. The van der Waals surface area contributed by atoms with Crippen LogP contribution in [0.5, 0.6) is 0 Å². The first-order valence-corrected chi connectivity index (χ1v) is 7.77. The molecule has 18 heavy (non-hydrogen) atoms. The number of carbonyl (C=O) groups excluding carboxylic acids is 1. The van der Waals surface area contributed by atoms with Gasteiger partial charge in [-0.2, -0.15) is 0 Å². The summed E-state index contributed by atoms with van der Waals surface area (Å²) in [6.07, 6.45) is -1.02. The summed E-state index contributed by atoms with van der Waals surface area (Å²) in [5.74, 6) is 0. The molecule has 2 atom stereocenters. The van der Waals surface area contributed by atoms with Gasteiger partial charge in [0, 0.05) is 12.8 Å². The lowest BCUT2D eigenvalue weighted by Gasteiger charge is -2.34. The van der Waals surface area contributed by atoms with Gasteiger partial charge in [0.2, 0.25) is 0 Å². The molecule has 0 aromatic carbocycles. The summed E-state index contributed by atoms with van der Waals surface area (Å²) in [5, 5.41) is -1.02.